The normalized spacial score (nSPS) is 20.8. The third kappa shape index (κ3) is 3.58. The number of hydrogen-bond donors (Lipinski definition) is 1. The van der Waals surface area contributed by atoms with Crippen molar-refractivity contribution in [3.8, 4) is 5.75 Å². The lowest BCUT2D eigenvalue weighted by Crippen LogP contribution is -2.39. The van der Waals surface area contributed by atoms with Crippen LogP contribution in [0.1, 0.15) is 37.3 Å². The Bertz CT molecular complexity index is 579. The van der Waals surface area contributed by atoms with E-state index in [2.05, 4.69) is 35.5 Å². The summed E-state index contributed by atoms with van der Waals surface area (Å²) in [7, 11) is 0. The quantitative estimate of drug-likeness (QED) is 0.865. The summed E-state index contributed by atoms with van der Waals surface area (Å²) < 4.78 is 0. The number of fused-ring (bicyclic) bond motifs is 1. The largest absolute Gasteiger partial charge is 0.508 e. The van der Waals surface area contributed by atoms with Crippen molar-refractivity contribution >= 4 is 11.8 Å². The van der Waals surface area contributed by atoms with Crippen LogP contribution in [0.15, 0.2) is 40.7 Å². The predicted octanol–water partition coefficient (Wildman–Crippen LogP) is 4.50. The summed E-state index contributed by atoms with van der Waals surface area (Å²) in [6, 6.07) is 6.59. The molecule has 1 aliphatic carbocycles. The van der Waals surface area contributed by atoms with Gasteiger partial charge in [0.1, 0.15) is 5.75 Å². The Morgan fingerprint density at radius 2 is 2.27 bits per heavy atom. The molecule has 2 nitrogen and oxygen atoms in total. The van der Waals surface area contributed by atoms with Crippen molar-refractivity contribution in [3.63, 3.8) is 0 Å². The maximum atomic E-state index is 9.98. The van der Waals surface area contributed by atoms with Gasteiger partial charge in [-0.25, -0.2) is 0 Å². The summed E-state index contributed by atoms with van der Waals surface area (Å²) in [6.07, 6.45) is 10.1. The molecule has 3 rings (SSSR count). The molecule has 0 unspecified atom stereocenters. The van der Waals surface area contributed by atoms with Crippen molar-refractivity contribution in [1.29, 1.82) is 0 Å². The first kappa shape index (κ1) is 15.7. The molecule has 1 N–H and O–H groups in total. The fourth-order valence-electron chi connectivity index (χ4n) is 3.53. The number of phenolic OH excluding ortho intramolecular Hbond substituents is 1. The van der Waals surface area contributed by atoms with Gasteiger partial charge in [-0.15, -0.1) is 11.8 Å². The van der Waals surface area contributed by atoms with E-state index in [-0.39, 0.29) is 0 Å². The molecule has 0 spiro atoms. The number of likely N-dealkylation sites (N-methyl/N-ethyl adjacent to an activating group) is 1. The first-order valence-electron chi connectivity index (χ1n) is 8.32. The number of aromatic hydroxyl groups is 1. The van der Waals surface area contributed by atoms with Crippen LogP contribution in [0.3, 0.4) is 0 Å². The molecule has 0 fully saturated rings. The fourth-order valence-corrected chi connectivity index (χ4v) is 4.32. The third-order valence-corrected chi connectivity index (χ3v) is 5.80. The SMILES string of the molecule is CCN(CCC1=CCC=CS1)[C@H]1CCc2c(O)cccc2C1. The Labute approximate surface area is 137 Å². The molecule has 1 heterocycles. The van der Waals surface area contributed by atoms with E-state index in [0.717, 1.165) is 45.2 Å². The first-order chi connectivity index (χ1) is 10.8. The Hall–Kier alpha value is -1.19. The zero-order valence-corrected chi connectivity index (χ0v) is 14.1. The molecule has 0 aromatic heterocycles. The molecule has 1 aromatic carbocycles. The summed E-state index contributed by atoms with van der Waals surface area (Å²) in [5, 5.41) is 12.2. The van der Waals surface area contributed by atoms with Gasteiger partial charge in [-0.2, -0.15) is 0 Å². The highest BCUT2D eigenvalue weighted by Crippen LogP contribution is 2.31. The van der Waals surface area contributed by atoms with Crippen LogP contribution in [-0.4, -0.2) is 29.1 Å². The summed E-state index contributed by atoms with van der Waals surface area (Å²) in [5.74, 6) is 0.481. The molecule has 118 valence electrons. The highest BCUT2D eigenvalue weighted by Gasteiger charge is 2.24. The smallest absolute Gasteiger partial charge is 0.119 e. The minimum absolute atomic E-state index is 0.481. The molecule has 0 radical (unpaired) electrons. The van der Waals surface area contributed by atoms with Gasteiger partial charge in [-0.05, 0) is 66.2 Å². The molecule has 22 heavy (non-hydrogen) atoms. The number of allylic oxidation sites excluding steroid dienone is 2. The van der Waals surface area contributed by atoms with Crippen molar-refractivity contribution in [2.24, 2.45) is 0 Å². The number of hydrogen-bond acceptors (Lipinski definition) is 3. The van der Waals surface area contributed by atoms with Crippen LogP contribution in [0.25, 0.3) is 0 Å². The van der Waals surface area contributed by atoms with Crippen molar-refractivity contribution in [1.82, 2.24) is 4.90 Å². The lowest BCUT2D eigenvalue weighted by atomic mass is 9.87. The number of benzene rings is 1. The van der Waals surface area contributed by atoms with Gasteiger partial charge in [-0.3, -0.25) is 4.90 Å². The maximum Gasteiger partial charge on any atom is 0.119 e. The molecule has 3 heteroatoms. The standard InChI is InChI=1S/C19H25NOS/c1-2-20(12-11-17-7-3-4-13-22-17)16-9-10-18-15(14-16)6-5-8-19(18)21/h4-8,13,16,21H,2-3,9-12,14H2,1H3/t16-/m0/s1. The van der Waals surface area contributed by atoms with E-state index in [9.17, 15) is 5.11 Å². The van der Waals surface area contributed by atoms with Gasteiger partial charge in [0.05, 0.1) is 0 Å². The van der Waals surface area contributed by atoms with E-state index in [1.165, 1.54) is 16.0 Å². The van der Waals surface area contributed by atoms with Crippen LogP contribution in [0, 0.1) is 0 Å². The number of nitrogens with zero attached hydrogens (tertiary/aromatic N) is 1. The lowest BCUT2D eigenvalue weighted by molar-refractivity contribution is 0.191. The number of thioether (sulfide) groups is 1. The second-order valence-electron chi connectivity index (χ2n) is 6.09. The zero-order chi connectivity index (χ0) is 15.4. The monoisotopic (exact) mass is 315 g/mol. The van der Waals surface area contributed by atoms with Crippen LogP contribution in [0.4, 0.5) is 0 Å². The van der Waals surface area contributed by atoms with Crippen LogP contribution in [0.2, 0.25) is 0 Å². The second kappa shape index (κ2) is 7.38. The molecular weight excluding hydrogens is 290 g/mol. The van der Waals surface area contributed by atoms with Crippen LogP contribution < -0.4 is 0 Å². The van der Waals surface area contributed by atoms with Gasteiger partial charge in [0.15, 0.2) is 0 Å². The molecule has 1 aliphatic heterocycles. The topological polar surface area (TPSA) is 23.5 Å². The second-order valence-corrected chi connectivity index (χ2v) is 7.12. The van der Waals surface area contributed by atoms with E-state index in [0.29, 0.717) is 11.8 Å². The van der Waals surface area contributed by atoms with E-state index in [1.807, 2.05) is 23.9 Å². The van der Waals surface area contributed by atoms with Gasteiger partial charge in [0.2, 0.25) is 0 Å². The van der Waals surface area contributed by atoms with Crippen molar-refractivity contribution in [2.45, 2.75) is 45.1 Å². The van der Waals surface area contributed by atoms with Crippen LogP contribution in [0.5, 0.6) is 5.75 Å². The van der Waals surface area contributed by atoms with Crippen LogP contribution >= 0.6 is 11.8 Å². The molecule has 1 atom stereocenters. The number of phenols is 1. The van der Waals surface area contributed by atoms with Gasteiger partial charge >= 0.3 is 0 Å². The van der Waals surface area contributed by atoms with Crippen LogP contribution in [-0.2, 0) is 12.8 Å². The summed E-state index contributed by atoms with van der Waals surface area (Å²) in [6.45, 7) is 4.51. The molecular formula is C19H25NOS. The number of rotatable bonds is 5. The highest BCUT2D eigenvalue weighted by molar-refractivity contribution is 8.05. The Morgan fingerprint density at radius 1 is 1.36 bits per heavy atom. The van der Waals surface area contributed by atoms with Gasteiger partial charge in [-0.1, -0.05) is 31.2 Å². The average Bonchev–Trinajstić information content (AvgIpc) is 2.56. The lowest BCUT2D eigenvalue weighted by Gasteiger charge is -2.35. The molecule has 2 aliphatic rings. The molecule has 0 saturated carbocycles. The van der Waals surface area contributed by atoms with Crippen molar-refractivity contribution in [2.75, 3.05) is 13.1 Å². The van der Waals surface area contributed by atoms with Gasteiger partial charge in [0.25, 0.3) is 0 Å². The molecule has 1 aromatic rings. The molecule has 0 bridgehead atoms. The summed E-state index contributed by atoms with van der Waals surface area (Å²) >= 11 is 1.87. The van der Waals surface area contributed by atoms with Crippen molar-refractivity contribution in [3.05, 3.63) is 51.8 Å². The third-order valence-electron chi connectivity index (χ3n) is 4.80. The molecule has 0 saturated heterocycles. The summed E-state index contributed by atoms with van der Waals surface area (Å²) in [4.78, 5) is 4.13. The Kier molecular flexibility index (Phi) is 5.27. The minimum Gasteiger partial charge on any atom is -0.508 e. The molecule has 0 amide bonds. The zero-order valence-electron chi connectivity index (χ0n) is 13.3. The first-order valence-corrected chi connectivity index (χ1v) is 9.20. The Morgan fingerprint density at radius 3 is 3.05 bits per heavy atom. The highest BCUT2D eigenvalue weighted by atomic mass is 32.2. The van der Waals surface area contributed by atoms with E-state index < -0.39 is 0 Å². The predicted molar refractivity (Wildman–Crippen MR) is 95.2 cm³/mol. The van der Waals surface area contributed by atoms with Gasteiger partial charge < -0.3 is 5.11 Å². The van der Waals surface area contributed by atoms with Gasteiger partial charge in [0, 0.05) is 12.6 Å². The minimum atomic E-state index is 0.481. The maximum absolute atomic E-state index is 9.98. The fraction of sp³-hybridized carbons (Fsp3) is 0.474. The average molecular weight is 315 g/mol. The van der Waals surface area contributed by atoms with E-state index in [1.54, 1.807) is 0 Å². The Balaban J connectivity index is 1.61. The van der Waals surface area contributed by atoms with Crippen molar-refractivity contribution < 1.29 is 5.11 Å². The van der Waals surface area contributed by atoms with E-state index >= 15 is 0 Å². The summed E-state index contributed by atoms with van der Waals surface area (Å²) in [5.41, 5.74) is 2.51. The van der Waals surface area contributed by atoms with E-state index in [4.69, 9.17) is 0 Å².